The topological polar surface area (TPSA) is 15.3 Å². The molecule has 1 aromatic rings. The van der Waals surface area contributed by atoms with Gasteiger partial charge in [0.15, 0.2) is 0 Å². The summed E-state index contributed by atoms with van der Waals surface area (Å²) in [5.41, 5.74) is 2.12. The molecule has 0 bridgehead atoms. The number of benzene rings is 1. The highest BCUT2D eigenvalue weighted by Crippen LogP contribution is 2.32. The zero-order valence-corrected chi connectivity index (χ0v) is 12.4. The van der Waals surface area contributed by atoms with Crippen molar-refractivity contribution in [3.05, 3.63) is 35.1 Å². The summed E-state index contributed by atoms with van der Waals surface area (Å²) in [6.07, 6.45) is 5.84. The molecule has 1 N–H and O–H groups in total. The molecule has 3 heteroatoms. The standard InChI is InChI=1S/C17H25FN2/c1-20-11-8-13(9-12-20)7-10-19-17-6-5-14-15(17)3-2-4-16(14)18/h2-4,13,17,19H,5-12H2,1H3. The molecule has 1 unspecified atom stereocenters. The Morgan fingerprint density at radius 3 is 2.85 bits per heavy atom. The Bertz CT molecular complexity index is 452. The van der Waals surface area contributed by atoms with Crippen LogP contribution in [0, 0.1) is 11.7 Å². The van der Waals surface area contributed by atoms with Crippen LogP contribution in [0.4, 0.5) is 4.39 Å². The Balaban J connectivity index is 1.48. The third-order valence-electron chi connectivity index (χ3n) is 4.99. The lowest BCUT2D eigenvalue weighted by Crippen LogP contribution is -2.32. The van der Waals surface area contributed by atoms with Crippen LogP contribution in [0.15, 0.2) is 18.2 Å². The van der Waals surface area contributed by atoms with Crippen LogP contribution in [-0.4, -0.2) is 31.6 Å². The quantitative estimate of drug-likeness (QED) is 0.909. The molecule has 110 valence electrons. The second-order valence-corrected chi connectivity index (χ2v) is 6.39. The highest BCUT2D eigenvalue weighted by atomic mass is 19.1. The number of halogens is 1. The Morgan fingerprint density at radius 1 is 1.25 bits per heavy atom. The van der Waals surface area contributed by atoms with E-state index in [9.17, 15) is 4.39 Å². The Morgan fingerprint density at radius 2 is 2.05 bits per heavy atom. The second kappa shape index (κ2) is 6.23. The molecule has 1 aromatic carbocycles. The molecule has 1 aliphatic carbocycles. The van der Waals surface area contributed by atoms with Crippen molar-refractivity contribution >= 4 is 0 Å². The van der Waals surface area contributed by atoms with E-state index >= 15 is 0 Å². The van der Waals surface area contributed by atoms with Gasteiger partial charge in [-0.3, -0.25) is 0 Å². The molecule has 0 spiro atoms. The van der Waals surface area contributed by atoms with Crippen molar-refractivity contribution in [2.75, 3.05) is 26.7 Å². The van der Waals surface area contributed by atoms with E-state index in [0.717, 1.165) is 30.9 Å². The van der Waals surface area contributed by atoms with Gasteiger partial charge in [0.05, 0.1) is 0 Å². The van der Waals surface area contributed by atoms with Crippen LogP contribution in [0.3, 0.4) is 0 Å². The molecule has 20 heavy (non-hydrogen) atoms. The molecule has 1 fully saturated rings. The molecule has 2 aliphatic rings. The van der Waals surface area contributed by atoms with E-state index in [1.165, 1.54) is 37.9 Å². The Kier molecular flexibility index (Phi) is 4.37. The first-order valence-corrected chi connectivity index (χ1v) is 7.93. The summed E-state index contributed by atoms with van der Waals surface area (Å²) in [4.78, 5) is 2.42. The van der Waals surface area contributed by atoms with Gasteiger partial charge in [-0.15, -0.1) is 0 Å². The van der Waals surface area contributed by atoms with E-state index in [1.54, 1.807) is 6.07 Å². The highest BCUT2D eigenvalue weighted by Gasteiger charge is 2.24. The molecular formula is C17H25FN2. The Hall–Kier alpha value is -0.930. The number of piperidine rings is 1. The van der Waals surface area contributed by atoms with Crippen LogP contribution in [0.25, 0.3) is 0 Å². The van der Waals surface area contributed by atoms with Gasteiger partial charge in [0.2, 0.25) is 0 Å². The van der Waals surface area contributed by atoms with Crippen LogP contribution < -0.4 is 5.32 Å². The van der Waals surface area contributed by atoms with Gasteiger partial charge in [-0.05, 0) is 81.9 Å². The van der Waals surface area contributed by atoms with Gasteiger partial charge in [0.1, 0.15) is 5.82 Å². The van der Waals surface area contributed by atoms with Crippen LogP contribution in [0.1, 0.15) is 42.9 Å². The minimum absolute atomic E-state index is 0.0258. The van der Waals surface area contributed by atoms with Crippen molar-refractivity contribution in [1.82, 2.24) is 10.2 Å². The zero-order chi connectivity index (χ0) is 13.9. The first-order chi connectivity index (χ1) is 9.74. The number of nitrogens with zero attached hydrogens (tertiary/aromatic N) is 1. The lowest BCUT2D eigenvalue weighted by atomic mass is 9.93. The predicted molar refractivity (Wildman–Crippen MR) is 80.3 cm³/mol. The molecule has 0 saturated carbocycles. The summed E-state index contributed by atoms with van der Waals surface area (Å²) in [7, 11) is 2.21. The average Bonchev–Trinajstić information content (AvgIpc) is 2.86. The van der Waals surface area contributed by atoms with E-state index in [-0.39, 0.29) is 5.82 Å². The lowest BCUT2D eigenvalue weighted by molar-refractivity contribution is 0.210. The molecule has 1 saturated heterocycles. The van der Waals surface area contributed by atoms with Gasteiger partial charge in [-0.1, -0.05) is 12.1 Å². The van der Waals surface area contributed by atoms with E-state index in [2.05, 4.69) is 23.3 Å². The summed E-state index contributed by atoms with van der Waals surface area (Å²) < 4.78 is 13.7. The van der Waals surface area contributed by atoms with Crippen LogP contribution in [0.2, 0.25) is 0 Å². The van der Waals surface area contributed by atoms with Crippen molar-refractivity contribution in [3.63, 3.8) is 0 Å². The van der Waals surface area contributed by atoms with Gasteiger partial charge in [0, 0.05) is 6.04 Å². The molecule has 3 rings (SSSR count). The molecule has 1 heterocycles. The van der Waals surface area contributed by atoms with E-state index in [1.807, 2.05) is 6.07 Å². The van der Waals surface area contributed by atoms with E-state index < -0.39 is 0 Å². The molecule has 0 amide bonds. The van der Waals surface area contributed by atoms with E-state index in [4.69, 9.17) is 0 Å². The number of fused-ring (bicyclic) bond motifs is 1. The highest BCUT2D eigenvalue weighted by molar-refractivity contribution is 5.35. The average molecular weight is 276 g/mol. The van der Waals surface area contributed by atoms with Crippen molar-refractivity contribution < 1.29 is 4.39 Å². The summed E-state index contributed by atoms with van der Waals surface area (Å²) in [6.45, 7) is 3.54. The fraction of sp³-hybridized carbons (Fsp3) is 0.647. The number of rotatable bonds is 4. The van der Waals surface area contributed by atoms with Gasteiger partial charge in [0.25, 0.3) is 0 Å². The maximum atomic E-state index is 13.7. The fourth-order valence-electron chi connectivity index (χ4n) is 3.63. The first-order valence-electron chi connectivity index (χ1n) is 7.93. The number of likely N-dealkylation sites (tertiary alicyclic amines) is 1. The van der Waals surface area contributed by atoms with Crippen molar-refractivity contribution in [1.29, 1.82) is 0 Å². The monoisotopic (exact) mass is 276 g/mol. The molecular weight excluding hydrogens is 251 g/mol. The maximum absolute atomic E-state index is 13.7. The molecule has 0 aromatic heterocycles. The molecule has 1 aliphatic heterocycles. The van der Waals surface area contributed by atoms with Gasteiger partial charge in [-0.25, -0.2) is 4.39 Å². The number of hydrogen-bond acceptors (Lipinski definition) is 2. The molecule has 0 radical (unpaired) electrons. The molecule has 2 nitrogen and oxygen atoms in total. The second-order valence-electron chi connectivity index (χ2n) is 6.39. The minimum Gasteiger partial charge on any atom is -0.310 e. The van der Waals surface area contributed by atoms with Gasteiger partial charge >= 0.3 is 0 Å². The zero-order valence-electron chi connectivity index (χ0n) is 12.4. The van der Waals surface area contributed by atoms with Crippen molar-refractivity contribution in [2.24, 2.45) is 5.92 Å². The Labute approximate surface area is 121 Å². The summed E-state index contributed by atoms with van der Waals surface area (Å²) in [5.74, 6) is 0.842. The van der Waals surface area contributed by atoms with E-state index in [0.29, 0.717) is 6.04 Å². The summed E-state index contributed by atoms with van der Waals surface area (Å²) >= 11 is 0. The van der Waals surface area contributed by atoms with Gasteiger partial charge < -0.3 is 10.2 Å². The van der Waals surface area contributed by atoms with Gasteiger partial charge in [-0.2, -0.15) is 0 Å². The van der Waals surface area contributed by atoms with Crippen LogP contribution in [-0.2, 0) is 6.42 Å². The SMILES string of the molecule is CN1CCC(CCNC2CCc3c(F)cccc32)CC1. The largest absolute Gasteiger partial charge is 0.310 e. The third-order valence-corrected chi connectivity index (χ3v) is 4.99. The predicted octanol–water partition coefficient (Wildman–Crippen LogP) is 3.13. The first kappa shape index (κ1) is 14.0. The number of hydrogen-bond donors (Lipinski definition) is 1. The summed E-state index contributed by atoms with van der Waals surface area (Å²) in [5, 5.41) is 3.64. The minimum atomic E-state index is -0.0258. The fourth-order valence-corrected chi connectivity index (χ4v) is 3.63. The van der Waals surface area contributed by atoms with Crippen LogP contribution >= 0.6 is 0 Å². The van der Waals surface area contributed by atoms with Crippen molar-refractivity contribution in [2.45, 2.75) is 38.1 Å². The third kappa shape index (κ3) is 3.04. The summed E-state index contributed by atoms with van der Waals surface area (Å²) in [6, 6.07) is 5.87. The molecule has 1 atom stereocenters. The smallest absolute Gasteiger partial charge is 0.126 e. The number of nitrogens with one attached hydrogen (secondary N) is 1. The van der Waals surface area contributed by atoms with Crippen molar-refractivity contribution in [3.8, 4) is 0 Å². The lowest BCUT2D eigenvalue weighted by Gasteiger charge is -2.29. The normalized spacial score (nSPS) is 24.0. The maximum Gasteiger partial charge on any atom is 0.126 e. The van der Waals surface area contributed by atoms with Crippen LogP contribution in [0.5, 0.6) is 0 Å².